The van der Waals surface area contributed by atoms with Crippen molar-refractivity contribution in [3.8, 4) is 18.2 Å². The zero-order valence-electron chi connectivity index (χ0n) is 10.9. The second-order valence-corrected chi connectivity index (χ2v) is 4.39. The Kier molecular flexibility index (Phi) is 4.10. The zero-order valence-corrected chi connectivity index (χ0v) is 10.9. The maximum atomic E-state index is 11.7. The quantitative estimate of drug-likeness (QED) is 0.821. The highest BCUT2D eigenvalue weighted by Crippen LogP contribution is 2.47. The Labute approximate surface area is 112 Å². The van der Waals surface area contributed by atoms with Crippen LogP contribution >= 0.6 is 0 Å². The van der Waals surface area contributed by atoms with E-state index in [1.807, 2.05) is 25.1 Å². The maximum Gasteiger partial charge on any atom is 0.202 e. The molecular weight excluding hydrogens is 240 g/mol. The standard InChI is InChI=1S/C14H14N4O/c1-3-4-5-10-12(9(2)19)13(18)11(6-15)14(10,7-16)8-17/h3-5,18H2,1-2H3. The van der Waals surface area contributed by atoms with Crippen LogP contribution in [0.25, 0.3) is 0 Å². The van der Waals surface area contributed by atoms with Gasteiger partial charge in [0.15, 0.2) is 5.78 Å². The smallest absolute Gasteiger partial charge is 0.202 e. The van der Waals surface area contributed by atoms with Gasteiger partial charge in [-0.05, 0) is 25.3 Å². The van der Waals surface area contributed by atoms with E-state index in [9.17, 15) is 15.3 Å². The summed E-state index contributed by atoms with van der Waals surface area (Å²) in [4.78, 5) is 11.7. The normalized spacial score (nSPS) is 16.8. The van der Waals surface area contributed by atoms with Crippen molar-refractivity contribution >= 4 is 5.78 Å². The second-order valence-electron chi connectivity index (χ2n) is 4.39. The highest BCUT2D eigenvalue weighted by molar-refractivity contribution is 6.01. The van der Waals surface area contributed by atoms with E-state index in [0.717, 1.165) is 12.8 Å². The molecule has 0 saturated carbocycles. The number of hydrogen-bond acceptors (Lipinski definition) is 5. The lowest BCUT2D eigenvalue weighted by Crippen LogP contribution is -2.20. The summed E-state index contributed by atoms with van der Waals surface area (Å²) in [5.41, 5.74) is 4.51. The fraction of sp³-hybridized carbons (Fsp3) is 0.429. The number of allylic oxidation sites excluding steroid dienone is 3. The molecule has 1 aliphatic rings. The third kappa shape index (κ3) is 1.98. The molecule has 0 amide bonds. The van der Waals surface area contributed by atoms with Gasteiger partial charge < -0.3 is 5.73 Å². The number of nitrogens with two attached hydrogens (primary N) is 1. The van der Waals surface area contributed by atoms with Crippen molar-refractivity contribution in [1.29, 1.82) is 15.8 Å². The van der Waals surface area contributed by atoms with Gasteiger partial charge in [0.25, 0.3) is 0 Å². The van der Waals surface area contributed by atoms with Gasteiger partial charge >= 0.3 is 0 Å². The molecule has 19 heavy (non-hydrogen) atoms. The Morgan fingerprint density at radius 2 is 1.89 bits per heavy atom. The SMILES string of the molecule is CCCCC1=C(C(C)=O)C(N)=C(C#N)C1(C#N)C#N. The predicted octanol–water partition coefficient (Wildman–Crippen LogP) is 1.85. The molecule has 96 valence electrons. The zero-order chi connectivity index (χ0) is 14.6. The fourth-order valence-electron chi connectivity index (χ4n) is 2.31. The molecule has 0 bridgehead atoms. The van der Waals surface area contributed by atoms with Crippen LogP contribution in [0.5, 0.6) is 0 Å². The van der Waals surface area contributed by atoms with E-state index >= 15 is 0 Å². The molecule has 1 rings (SSSR count). The van der Waals surface area contributed by atoms with Crippen LogP contribution < -0.4 is 5.73 Å². The van der Waals surface area contributed by atoms with E-state index in [1.54, 1.807) is 0 Å². The van der Waals surface area contributed by atoms with Crippen LogP contribution in [0.4, 0.5) is 0 Å². The second kappa shape index (κ2) is 5.38. The molecule has 0 spiro atoms. The molecule has 5 nitrogen and oxygen atoms in total. The van der Waals surface area contributed by atoms with Crippen LogP contribution in [0.15, 0.2) is 22.4 Å². The Balaban J connectivity index is 3.60. The third-order valence-corrected chi connectivity index (χ3v) is 3.25. The van der Waals surface area contributed by atoms with Gasteiger partial charge in [0, 0.05) is 5.57 Å². The van der Waals surface area contributed by atoms with Crippen LogP contribution in [0, 0.1) is 39.4 Å². The van der Waals surface area contributed by atoms with Gasteiger partial charge in [0.2, 0.25) is 5.41 Å². The molecule has 0 heterocycles. The van der Waals surface area contributed by atoms with E-state index in [1.165, 1.54) is 6.92 Å². The van der Waals surface area contributed by atoms with E-state index in [4.69, 9.17) is 11.0 Å². The highest BCUT2D eigenvalue weighted by atomic mass is 16.1. The van der Waals surface area contributed by atoms with Gasteiger partial charge in [-0.25, -0.2) is 0 Å². The number of Topliss-reactive ketones (excluding diaryl/α,β-unsaturated/α-hetero) is 1. The fourth-order valence-corrected chi connectivity index (χ4v) is 2.31. The molecule has 5 heteroatoms. The summed E-state index contributed by atoms with van der Waals surface area (Å²) < 4.78 is 0. The predicted molar refractivity (Wildman–Crippen MR) is 67.7 cm³/mol. The van der Waals surface area contributed by atoms with E-state index < -0.39 is 5.41 Å². The summed E-state index contributed by atoms with van der Waals surface area (Å²) in [5.74, 6) is -0.316. The lowest BCUT2D eigenvalue weighted by Gasteiger charge is -2.17. The number of hydrogen-bond donors (Lipinski definition) is 1. The Morgan fingerprint density at radius 3 is 2.26 bits per heavy atom. The number of rotatable bonds is 4. The van der Waals surface area contributed by atoms with Crippen molar-refractivity contribution < 1.29 is 4.79 Å². The molecule has 0 aliphatic heterocycles. The minimum Gasteiger partial charge on any atom is -0.397 e. The molecule has 0 aromatic carbocycles. The molecular formula is C14H14N4O. The van der Waals surface area contributed by atoms with Crippen LogP contribution in [-0.4, -0.2) is 5.78 Å². The topological polar surface area (TPSA) is 114 Å². The minimum absolute atomic E-state index is 0.0239. The van der Waals surface area contributed by atoms with Crippen LogP contribution in [-0.2, 0) is 4.79 Å². The number of nitrogens with zero attached hydrogens (tertiary/aromatic N) is 3. The summed E-state index contributed by atoms with van der Waals surface area (Å²) in [6.07, 6.45) is 1.99. The van der Waals surface area contributed by atoms with Crippen molar-refractivity contribution in [3.63, 3.8) is 0 Å². The summed E-state index contributed by atoms with van der Waals surface area (Å²) in [6, 6.07) is 5.56. The average molecular weight is 254 g/mol. The Bertz CT molecular complexity index is 591. The molecule has 0 saturated heterocycles. The first-order chi connectivity index (χ1) is 8.99. The first-order valence-electron chi connectivity index (χ1n) is 5.97. The molecule has 0 radical (unpaired) electrons. The van der Waals surface area contributed by atoms with E-state index in [0.29, 0.717) is 12.0 Å². The first-order valence-corrected chi connectivity index (χ1v) is 5.97. The number of carbonyl (C=O) groups is 1. The Hall–Kier alpha value is -2.58. The number of ketones is 1. The lowest BCUT2D eigenvalue weighted by molar-refractivity contribution is -0.113. The molecule has 0 fully saturated rings. The largest absolute Gasteiger partial charge is 0.397 e. The lowest BCUT2D eigenvalue weighted by atomic mass is 9.77. The van der Waals surface area contributed by atoms with Crippen molar-refractivity contribution in [2.75, 3.05) is 0 Å². The average Bonchev–Trinajstić information content (AvgIpc) is 2.64. The summed E-state index contributed by atoms with van der Waals surface area (Å²) in [7, 11) is 0. The van der Waals surface area contributed by atoms with Gasteiger partial charge in [-0.1, -0.05) is 13.3 Å². The Morgan fingerprint density at radius 1 is 1.32 bits per heavy atom. The van der Waals surface area contributed by atoms with E-state index in [-0.39, 0.29) is 22.6 Å². The van der Waals surface area contributed by atoms with E-state index in [2.05, 4.69) is 0 Å². The molecule has 1 aliphatic carbocycles. The van der Waals surface area contributed by atoms with Crippen LogP contribution in [0.1, 0.15) is 33.1 Å². The molecule has 2 N–H and O–H groups in total. The van der Waals surface area contributed by atoms with Crippen molar-refractivity contribution in [1.82, 2.24) is 0 Å². The monoisotopic (exact) mass is 254 g/mol. The van der Waals surface area contributed by atoms with Gasteiger partial charge in [-0.15, -0.1) is 0 Å². The summed E-state index contributed by atoms with van der Waals surface area (Å²) >= 11 is 0. The van der Waals surface area contributed by atoms with Crippen molar-refractivity contribution in [3.05, 3.63) is 22.4 Å². The summed E-state index contributed by atoms with van der Waals surface area (Å²) in [6.45, 7) is 3.29. The first kappa shape index (κ1) is 14.5. The van der Waals surface area contributed by atoms with Crippen molar-refractivity contribution in [2.45, 2.75) is 33.1 Å². The van der Waals surface area contributed by atoms with Gasteiger partial charge in [0.1, 0.15) is 6.07 Å². The minimum atomic E-state index is -1.70. The van der Waals surface area contributed by atoms with Crippen LogP contribution in [0.2, 0.25) is 0 Å². The summed E-state index contributed by atoms with van der Waals surface area (Å²) in [5, 5.41) is 27.8. The number of unbranched alkanes of at least 4 members (excludes halogenated alkanes) is 1. The van der Waals surface area contributed by atoms with Crippen LogP contribution in [0.3, 0.4) is 0 Å². The van der Waals surface area contributed by atoms with Crippen molar-refractivity contribution in [2.24, 2.45) is 11.1 Å². The van der Waals surface area contributed by atoms with Gasteiger partial charge in [-0.3, -0.25) is 4.79 Å². The van der Waals surface area contributed by atoms with Gasteiger partial charge in [-0.2, -0.15) is 15.8 Å². The highest BCUT2D eigenvalue weighted by Gasteiger charge is 2.48. The third-order valence-electron chi connectivity index (χ3n) is 3.25. The van der Waals surface area contributed by atoms with Gasteiger partial charge in [0.05, 0.1) is 23.4 Å². The molecule has 0 atom stereocenters. The maximum absolute atomic E-state index is 11.7. The number of carbonyl (C=O) groups excluding carboxylic acids is 1. The molecule has 0 unspecified atom stereocenters. The molecule has 0 aromatic rings. The molecule has 0 aromatic heterocycles. The number of nitriles is 3.